The second-order valence-electron chi connectivity index (χ2n) is 4.38. The summed E-state index contributed by atoms with van der Waals surface area (Å²) in [5.74, 6) is -1.55. The molecule has 0 spiro atoms. The number of imidazole rings is 1. The Hall–Kier alpha value is -1.93. The van der Waals surface area contributed by atoms with Gasteiger partial charge < -0.3 is 20.5 Å². The number of aromatic amines is 1. The molecule has 0 fully saturated rings. The van der Waals surface area contributed by atoms with Crippen LogP contribution in [-0.4, -0.2) is 50.7 Å². The number of aliphatic hydroxyl groups excluding tert-OH is 1. The first kappa shape index (κ1) is 13.5. The van der Waals surface area contributed by atoms with Crippen molar-refractivity contribution >= 4 is 11.9 Å². The molecule has 1 unspecified atom stereocenters. The molecule has 0 radical (unpaired) electrons. The van der Waals surface area contributed by atoms with Gasteiger partial charge in [-0.25, -0.2) is 9.78 Å². The number of amides is 1. The number of carbonyl (C=O) groups excluding carboxylic acids is 1. The van der Waals surface area contributed by atoms with Crippen LogP contribution in [0.3, 0.4) is 0 Å². The van der Waals surface area contributed by atoms with Gasteiger partial charge in [0.1, 0.15) is 6.04 Å². The smallest absolute Gasteiger partial charge is 0.326 e. The van der Waals surface area contributed by atoms with E-state index in [1.165, 1.54) is 0 Å². The summed E-state index contributed by atoms with van der Waals surface area (Å²) in [7, 11) is 0. The highest BCUT2D eigenvalue weighted by molar-refractivity contribution is 5.87. The van der Waals surface area contributed by atoms with E-state index in [9.17, 15) is 9.59 Å². The zero-order valence-corrected chi connectivity index (χ0v) is 10.2. The summed E-state index contributed by atoms with van der Waals surface area (Å²) in [4.78, 5) is 29.9. The van der Waals surface area contributed by atoms with E-state index in [-0.39, 0.29) is 13.0 Å². The lowest BCUT2D eigenvalue weighted by Crippen LogP contribution is -2.52. The number of fused-ring (bicyclic) bond motifs is 1. The van der Waals surface area contributed by atoms with Crippen molar-refractivity contribution in [2.45, 2.75) is 31.5 Å². The van der Waals surface area contributed by atoms with Crippen LogP contribution in [0, 0.1) is 0 Å². The molecule has 2 atom stereocenters. The van der Waals surface area contributed by atoms with Gasteiger partial charge in [-0.15, -0.1) is 0 Å². The van der Waals surface area contributed by atoms with Crippen LogP contribution in [0.25, 0.3) is 0 Å². The first-order valence-electron chi connectivity index (χ1n) is 6.00. The number of aliphatic hydroxyl groups is 1. The zero-order chi connectivity index (χ0) is 13.8. The summed E-state index contributed by atoms with van der Waals surface area (Å²) in [5.41, 5.74) is 1.75. The second kappa shape index (κ2) is 5.81. The molecule has 1 aromatic heterocycles. The first-order valence-corrected chi connectivity index (χ1v) is 6.00. The molecular weight excluding hydrogens is 252 g/mol. The van der Waals surface area contributed by atoms with Gasteiger partial charge in [-0.05, 0) is 0 Å². The van der Waals surface area contributed by atoms with Gasteiger partial charge >= 0.3 is 5.97 Å². The molecule has 19 heavy (non-hydrogen) atoms. The van der Waals surface area contributed by atoms with Crippen LogP contribution in [-0.2, 0) is 22.6 Å². The van der Waals surface area contributed by atoms with Gasteiger partial charge in [0.05, 0.1) is 23.8 Å². The molecule has 2 heterocycles. The van der Waals surface area contributed by atoms with Crippen molar-refractivity contribution in [2.75, 3.05) is 6.61 Å². The lowest BCUT2D eigenvalue weighted by Gasteiger charge is -2.24. The summed E-state index contributed by atoms with van der Waals surface area (Å²) in [6.45, 7) is 0.198. The molecule has 0 saturated heterocycles. The highest BCUT2D eigenvalue weighted by Crippen LogP contribution is 2.12. The monoisotopic (exact) mass is 268 g/mol. The van der Waals surface area contributed by atoms with E-state index < -0.39 is 24.0 Å². The van der Waals surface area contributed by atoms with Crippen molar-refractivity contribution in [2.24, 2.45) is 0 Å². The number of aromatic nitrogens is 2. The van der Waals surface area contributed by atoms with Crippen molar-refractivity contribution in [3.05, 3.63) is 17.7 Å². The molecule has 1 aliphatic rings. The maximum absolute atomic E-state index is 12.0. The van der Waals surface area contributed by atoms with Crippen molar-refractivity contribution < 1.29 is 19.8 Å². The molecule has 8 nitrogen and oxygen atoms in total. The maximum atomic E-state index is 12.0. The number of carboxylic acids is 1. The highest BCUT2D eigenvalue weighted by atomic mass is 16.4. The Morgan fingerprint density at radius 1 is 1.58 bits per heavy atom. The van der Waals surface area contributed by atoms with Gasteiger partial charge in [-0.3, -0.25) is 10.1 Å². The van der Waals surface area contributed by atoms with E-state index in [0.717, 1.165) is 11.4 Å². The predicted molar refractivity (Wildman–Crippen MR) is 64.2 cm³/mol. The minimum absolute atomic E-state index is 0.0125. The zero-order valence-electron chi connectivity index (χ0n) is 10.2. The third-order valence-corrected chi connectivity index (χ3v) is 3.08. The van der Waals surface area contributed by atoms with E-state index in [1.54, 1.807) is 6.33 Å². The minimum atomic E-state index is -1.15. The molecule has 5 N–H and O–H groups in total. The lowest BCUT2D eigenvalue weighted by atomic mass is 10.0. The quantitative estimate of drug-likeness (QED) is 0.436. The summed E-state index contributed by atoms with van der Waals surface area (Å²) in [5, 5.41) is 23.1. The van der Waals surface area contributed by atoms with Crippen LogP contribution in [0.4, 0.5) is 0 Å². The van der Waals surface area contributed by atoms with E-state index >= 15 is 0 Å². The Labute approximate surface area is 109 Å². The molecule has 1 aromatic rings. The average molecular weight is 268 g/mol. The maximum Gasteiger partial charge on any atom is 0.326 e. The van der Waals surface area contributed by atoms with E-state index in [0.29, 0.717) is 13.0 Å². The summed E-state index contributed by atoms with van der Waals surface area (Å²) in [6, 6.07) is -1.57. The van der Waals surface area contributed by atoms with E-state index in [4.69, 9.17) is 10.2 Å². The molecule has 104 valence electrons. The third-order valence-electron chi connectivity index (χ3n) is 3.08. The molecular formula is C11H16N4O4. The second-order valence-corrected chi connectivity index (χ2v) is 4.38. The lowest BCUT2D eigenvalue weighted by molar-refractivity contribution is -0.142. The topological polar surface area (TPSA) is 127 Å². The fourth-order valence-corrected chi connectivity index (χ4v) is 2.01. The average Bonchev–Trinajstić information content (AvgIpc) is 2.85. The van der Waals surface area contributed by atoms with Crippen molar-refractivity contribution in [1.82, 2.24) is 20.6 Å². The van der Waals surface area contributed by atoms with Gasteiger partial charge in [0, 0.05) is 26.0 Å². The standard InChI is InChI=1S/C11H16N4O4/c16-2-1-6(11(18)19)15-10(17)8-3-7-9(4-12-8)14-5-13-7/h5-6,8,12,16H,1-4H2,(H,13,14)(H,15,17)(H,18,19)/t6-,8?/m1/s1. The molecule has 0 saturated carbocycles. The normalized spacial score (nSPS) is 19.5. The number of carboxylic acid groups (broad SMARTS) is 1. The van der Waals surface area contributed by atoms with Gasteiger partial charge in [0.2, 0.25) is 5.91 Å². The van der Waals surface area contributed by atoms with Crippen molar-refractivity contribution in [3.63, 3.8) is 0 Å². The predicted octanol–water partition coefficient (Wildman–Crippen LogP) is -1.62. The fraction of sp³-hybridized carbons (Fsp3) is 0.545. The number of nitrogens with zero attached hydrogens (tertiary/aromatic N) is 1. The molecule has 0 aromatic carbocycles. The van der Waals surface area contributed by atoms with E-state index in [2.05, 4.69) is 20.6 Å². The Kier molecular flexibility index (Phi) is 4.13. The van der Waals surface area contributed by atoms with Gasteiger partial charge in [-0.1, -0.05) is 0 Å². The largest absolute Gasteiger partial charge is 0.480 e. The Morgan fingerprint density at radius 3 is 3.05 bits per heavy atom. The number of carbonyl (C=O) groups is 2. The number of rotatable bonds is 5. The fourth-order valence-electron chi connectivity index (χ4n) is 2.01. The Bertz CT molecular complexity index is 473. The van der Waals surface area contributed by atoms with Crippen LogP contribution < -0.4 is 10.6 Å². The summed E-state index contributed by atoms with van der Waals surface area (Å²) >= 11 is 0. The molecule has 2 rings (SSSR count). The summed E-state index contributed by atoms with van der Waals surface area (Å²) in [6.07, 6.45) is 1.97. The van der Waals surface area contributed by atoms with Crippen molar-refractivity contribution in [1.29, 1.82) is 0 Å². The highest BCUT2D eigenvalue weighted by Gasteiger charge is 2.28. The Morgan fingerprint density at radius 2 is 2.37 bits per heavy atom. The van der Waals surface area contributed by atoms with Crippen LogP contribution in [0.1, 0.15) is 17.8 Å². The number of hydrogen-bond donors (Lipinski definition) is 5. The van der Waals surface area contributed by atoms with Crippen LogP contribution in [0.5, 0.6) is 0 Å². The first-order chi connectivity index (χ1) is 9.11. The third kappa shape index (κ3) is 3.09. The summed E-state index contributed by atoms with van der Waals surface area (Å²) < 4.78 is 0. The molecule has 0 aliphatic carbocycles. The van der Waals surface area contributed by atoms with E-state index in [1.807, 2.05) is 0 Å². The van der Waals surface area contributed by atoms with Crippen LogP contribution in [0.15, 0.2) is 6.33 Å². The van der Waals surface area contributed by atoms with Crippen LogP contribution in [0.2, 0.25) is 0 Å². The molecule has 0 bridgehead atoms. The SMILES string of the molecule is O=C(N[C@H](CCO)C(=O)O)C1Cc2nc[nH]c2CN1. The van der Waals surface area contributed by atoms with Gasteiger partial charge in [-0.2, -0.15) is 0 Å². The number of aliphatic carboxylic acids is 1. The molecule has 1 aliphatic heterocycles. The number of nitrogens with one attached hydrogen (secondary N) is 3. The Balaban J connectivity index is 1.95. The molecule has 8 heteroatoms. The van der Waals surface area contributed by atoms with Gasteiger partial charge in [0.25, 0.3) is 0 Å². The number of H-pyrrole nitrogens is 1. The van der Waals surface area contributed by atoms with Crippen molar-refractivity contribution in [3.8, 4) is 0 Å². The molecule has 1 amide bonds. The van der Waals surface area contributed by atoms with Crippen LogP contribution >= 0.6 is 0 Å². The minimum Gasteiger partial charge on any atom is -0.480 e. The number of hydrogen-bond acceptors (Lipinski definition) is 5. The van der Waals surface area contributed by atoms with Gasteiger partial charge in [0.15, 0.2) is 0 Å².